The lowest BCUT2D eigenvalue weighted by molar-refractivity contribution is 0.0942. The quantitative estimate of drug-likeness (QED) is 0.451. The summed E-state index contributed by atoms with van der Waals surface area (Å²) in [5.41, 5.74) is 3.29. The van der Waals surface area contributed by atoms with E-state index in [1.165, 1.54) is 44.6 Å². The van der Waals surface area contributed by atoms with Gasteiger partial charge in [-0.05, 0) is 82.0 Å². The van der Waals surface area contributed by atoms with Gasteiger partial charge in [-0.3, -0.25) is 14.5 Å². The highest BCUT2D eigenvalue weighted by atomic mass is 32.2. The number of anilines is 1. The van der Waals surface area contributed by atoms with Crippen molar-refractivity contribution < 1.29 is 18.0 Å². The van der Waals surface area contributed by atoms with Crippen LogP contribution >= 0.6 is 11.3 Å². The first kappa shape index (κ1) is 27.7. The van der Waals surface area contributed by atoms with Crippen LogP contribution in [0.4, 0.5) is 5.00 Å². The molecule has 11 heteroatoms. The Balaban J connectivity index is 1.43. The summed E-state index contributed by atoms with van der Waals surface area (Å²) in [6.45, 7) is 9.46. The normalized spacial score (nSPS) is 16.7. The van der Waals surface area contributed by atoms with E-state index in [9.17, 15) is 18.0 Å². The Morgan fingerprint density at radius 2 is 1.77 bits per heavy atom. The summed E-state index contributed by atoms with van der Waals surface area (Å²) in [5.74, 6) is -0.635. The van der Waals surface area contributed by atoms with Gasteiger partial charge in [0.25, 0.3) is 11.8 Å². The zero-order valence-corrected chi connectivity index (χ0v) is 24.3. The number of carbonyl (C=O) groups is 2. The topological polar surface area (TPSA) is 105 Å². The van der Waals surface area contributed by atoms with Crippen molar-refractivity contribution in [2.45, 2.75) is 64.3 Å². The van der Waals surface area contributed by atoms with Crippen molar-refractivity contribution in [1.29, 1.82) is 0 Å². The fourth-order valence-corrected chi connectivity index (χ4v) is 8.22. The first-order valence-corrected chi connectivity index (χ1v) is 15.8. The van der Waals surface area contributed by atoms with Gasteiger partial charge in [0.05, 0.1) is 16.2 Å². The van der Waals surface area contributed by atoms with Crippen LogP contribution < -0.4 is 5.32 Å². The molecular formula is C28H35N5O4S2. The number of amides is 1. The summed E-state index contributed by atoms with van der Waals surface area (Å²) < 4.78 is 28.9. The predicted octanol–water partition coefficient (Wildman–Crippen LogP) is 4.44. The molecule has 0 spiro atoms. The van der Waals surface area contributed by atoms with Crippen LogP contribution in [-0.2, 0) is 23.0 Å². The molecule has 4 heterocycles. The zero-order valence-electron chi connectivity index (χ0n) is 22.7. The number of nitrogens with zero attached hydrogens (tertiary/aromatic N) is 4. The van der Waals surface area contributed by atoms with E-state index < -0.39 is 10.0 Å². The highest BCUT2D eigenvalue weighted by molar-refractivity contribution is 7.89. The van der Waals surface area contributed by atoms with Crippen molar-refractivity contribution in [2.75, 3.05) is 31.5 Å². The monoisotopic (exact) mass is 569 g/mol. The largest absolute Gasteiger partial charge is 0.313 e. The molecule has 0 bridgehead atoms. The van der Waals surface area contributed by atoms with Gasteiger partial charge in [-0.15, -0.1) is 11.3 Å². The fraction of sp³-hybridized carbons (Fsp3) is 0.464. The second-order valence-corrected chi connectivity index (χ2v) is 13.4. The number of thiophene rings is 1. The predicted molar refractivity (Wildman–Crippen MR) is 152 cm³/mol. The van der Waals surface area contributed by atoms with Crippen molar-refractivity contribution in [1.82, 2.24) is 19.0 Å². The standard InChI is InChI=1S/C28H35N5O4S2/c1-4-13-31-16-12-23-24(18-31)38-27(25(23)28(35)33-20(3)17-19(2)30-33)29-26(34)21-8-10-22(11-9-21)39(36,37)32-14-6-5-7-15-32/h8-11,17H,4-7,12-16,18H2,1-3H3,(H,29,34). The number of hydrogen-bond donors (Lipinski definition) is 1. The van der Waals surface area contributed by atoms with Gasteiger partial charge in [0, 0.05) is 42.3 Å². The van der Waals surface area contributed by atoms with Crippen LogP contribution in [0.15, 0.2) is 35.2 Å². The average Bonchev–Trinajstić information content (AvgIpc) is 3.46. The van der Waals surface area contributed by atoms with Gasteiger partial charge in [-0.25, -0.2) is 13.1 Å². The molecule has 9 nitrogen and oxygen atoms in total. The molecule has 0 aliphatic carbocycles. The molecule has 0 radical (unpaired) electrons. The van der Waals surface area contributed by atoms with Gasteiger partial charge >= 0.3 is 0 Å². The molecule has 1 fully saturated rings. The molecule has 1 saturated heterocycles. The third-order valence-corrected chi connectivity index (χ3v) is 10.4. The third kappa shape index (κ3) is 5.58. The molecule has 2 aromatic heterocycles. The van der Waals surface area contributed by atoms with Gasteiger partial charge in [0.1, 0.15) is 5.00 Å². The van der Waals surface area contributed by atoms with Crippen molar-refractivity contribution >= 4 is 38.2 Å². The molecule has 39 heavy (non-hydrogen) atoms. The smallest absolute Gasteiger partial charge is 0.281 e. The molecule has 1 aromatic carbocycles. The van der Waals surface area contributed by atoms with Crippen LogP contribution in [0.5, 0.6) is 0 Å². The number of piperidine rings is 1. The number of fused-ring (bicyclic) bond motifs is 1. The van der Waals surface area contributed by atoms with Crippen LogP contribution in [0.1, 0.15) is 75.2 Å². The van der Waals surface area contributed by atoms with Crippen molar-refractivity contribution in [3.05, 3.63) is 63.3 Å². The van der Waals surface area contributed by atoms with E-state index in [2.05, 4.69) is 22.2 Å². The highest BCUT2D eigenvalue weighted by Gasteiger charge is 2.31. The second kappa shape index (κ2) is 11.3. The van der Waals surface area contributed by atoms with Crippen LogP contribution in [0.25, 0.3) is 0 Å². The molecular weight excluding hydrogens is 534 g/mol. The second-order valence-electron chi connectivity index (χ2n) is 10.3. The van der Waals surface area contributed by atoms with Gasteiger partial charge in [-0.1, -0.05) is 13.3 Å². The Morgan fingerprint density at radius 1 is 1.05 bits per heavy atom. The van der Waals surface area contributed by atoms with E-state index in [1.807, 2.05) is 19.9 Å². The SMILES string of the molecule is CCCN1CCc2c(sc(NC(=O)c3ccc(S(=O)(=O)N4CCCCC4)cc3)c2C(=O)n2nc(C)cc2C)C1. The Morgan fingerprint density at radius 3 is 2.41 bits per heavy atom. The van der Waals surface area contributed by atoms with Gasteiger partial charge in [-0.2, -0.15) is 9.40 Å². The van der Waals surface area contributed by atoms with Crippen molar-refractivity contribution in [2.24, 2.45) is 0 Å². The molecule has 0 atom stereocenters. The van der Waals surface area contributed by atoms with Gasteiger partial charge < -0.3 is 5.32 Å². The van der Waals surface area contributed by atoms with Crippen LogP contribution in [0, 0.1) is 13.8 Å². The third-order valence-electron chi connectivity index (χ3n) is 7.39. The number of nitrogens with one attached hydrogen (secondary N) is 1. The minimum Gasteiger partial charge on any atom is -0.313 e. The van der Waals surface area contributed by atoms with E-state index in [0.29, 0.717) is 29.2 Å². The Kier molecular flexibility index (Phi) is 8.04. The maximum atomic E-state index is 13.7. The molecule has 2 aliphatic heterocycles. The van der Waals surface area contributed by atoms with Crippen LogP contribution in [-0.4, -0.2) is 65.4 Å². The minimum atomic E-state index is -3.58. The number of hydrogen-bond acceptors (Lipinski definition) is 7. The Labute approximate surface area is 233 Å². The molecule has 0 unspecified atom stereocenters. The maximum Gasteiger partial charge on any atom is 0.281 e. The van der Waals surface area contributed by atoms with E-state index in [0.717, 1.165) is 73.6 Å². The number of benzene rings is 1. The number of sulfonamides is 1. The molecule has 5 rings (SSSR count). The molecule has 0 saturated carbocycles. The van der Waals surface area contributed by atoms with E-state index in [-0.39, 0.29) is 16.7 Å². The summed E-state index contributed by atoms with van der Waals surface area (Å²) in [6.07, 6.45) is 4.53. The first-order valence-electron chi connectivity index (χ1n) is 13.6. The molecule has 2 aliphatic rings. The molecule has 1 N–H and O–H groups in total. The molecule has 3 aromatic rings. The minimum absolute atomic E-state index is 0.184. The molecule has 1 amide bonds. The lowest BCUT2D eigenvalue weighted by atomic mass is 10.0. The number of aromatic nitrogens is 2. The number of aryl methyl sites for hydroxylation is 2. The van der Waals surface area contributed by atoms with E-state index in [1.54, 1.807) is 0 Å². The fourth-order valence-electron chi connectivity index (χ4n) is 5.43. The van der Waals surface area contributed by atoms with Crippen LogP contribution in [0.3, 0.4) is 0 Å². The maximum absolute atomic E-state index is 13.7. The first-order chi connectivity index (χ1) is 18.7. The lowest BCUT2D eigenvalue weighted by Crippen LogP contribution is -2.35. The Bertz CT molecular complexity index is 1480. The summed E-state index contributed by atoms with van der Waals surface area (Å²) in [5, 5.41) is 7.87. The summed E-state index contributed by atoms with van der Waals surface area (Å²) in [4.78, 5) is 30.7. The highest BCUT2D eigenvalue weighted by Crippen LogP contribution is 2.38. The van der Waals surface area contributed by atoms with Crippen molar-refractivity contribution in [3.8, 4) is 0 Å². The summed E-state index contributed by atoms with van der Waals surface area (Å²) in [6, 6.07) is 7.90. The number of rotatable bonds is 7. The zero-order chi connectivity index (χ0) is 27.7. The van der Waals surface area contributed by atoms with Gasteiger partial charge in [0.2, 0.25) is 10.0 Å². The van der Waals surface area contributed by atoms with Gasteiger partial charge in [0.15, 0.2) is 0 Å². The van der Waals surface area contributed by atoms with Crippen molar-refractivity contribution in [3.63, 3.8) is 0 Å². The Hall–Kier alpha value is -2.86. The summed E-state index contributed by atoms with van der Waals surface area (Å²) >= 11 is 1.44. The number of carbonyl (C=O) groups excluding carboxylic acids is 2. The van der Waals surface area contributed by atoms with E-state index >= 15 is 0 Å². The summed E-state index contributed by atoms with van der Waals surface area (Å²) in [7, 11) is -3.58. The average molecular weight is 570 g/mol. The van der Waals surface area contributed by atoms with Crippen LogP contribution in [0.2, 0.25) is 0 Å². The lowest BCUT2D eigenvalue weighted by Gasteiger charge is -2.26. The van der Waals surface area contributed by atoms with E-state index in [4.69, 9.17) is 0 Å². The molecule has 208 valence electrons.